The van der Waals surface area contributed by atoms with E-state index in [1.54, 1.807) is 0 Å². The van der Waals surface area contributed by atoms with Crippen molar-refractivity contribution in [2.24, 2.45) is 16.7 Å². The van der Waals surface area contributed by atoms with Gasteiger partial charge in [-0.1, -0.05) is 13.8 Å². The van der Waals surface area contributed by atoms with Crippen LogP contribution < -0.4 is 4.90 Å². The zero-order chi connectivity index (χ0) is 22.8. The molecule has 3 atom stereocenters. The average molecular weight is 460 g/mol. The zero-order valence-corrected chi connectivity index (χ0v) is 18.8. The van der Waals surface area contributed by atoms with Gasteiger partial charge in [-0.2, -0.15) is 17.5 Å². The number of carbonyl (C=O) groups is 1. The summed E-state index contributed by atoms with van der Waals surface area (Å²) >= 11 is 0. The Balaban J connectivity index is 1.48. The SMILES string of the molecule is C[C@H]1CN(S(=O)(=O)C[C@]23CC[C@H](CC2=O)C3(C)C)CCN1c1ccc(C(F)(F)F)cn1. The Morgan fingerprint density at radius 2 is 1.94 bits per heavy atom. The predicted octanol–water partition coefficient (Wildman–Crippen LogP) is 3.34. The number of alkyl halides is 3. The molecule has 0 N–H and O–H groups in total. The maximum atomic E-state index is 13.3. The maximum Gasteiger partial charge on any atom is 0.417 e. The molecule has 2 aliphatic carbocycles. The minimum atomic E-state index is -4.45. The summed E-state index contributed by atoms with van der Waals surface area (Å²) in [5, 5.41) is 0. The van der Waals surface area contributed by atoms with Gasteiger partial charge < -0.3 is 4.90 Å². The second-order valence-corrected chi connectivity index (χ2v) is 11.7. The van der Waals surface area contributed by atoms with Gasteiger partial charge in [0.15, 0.2) is 0 Å². The molecular formula is C21H28F3N3O3S. The van der Waals surface area contributed by atoms with E-state index in [0.29, 0.717) is 25.2 Å². The van der Waals surface area contributed by atoms with E-state index >= 15 is 0 Å². The minimum absolute atomic E-state index is 0.0676. The first kappa shape index (κ1) is 22.5. The standard InChI is InChI=1S/C21H28F3N3O3S/c1-14-12-26(8-9-27(14)18-5-4-16(11-25-18)21(22,23)24)31(29,30)13-20-7-6-15(10-17(20)28)19(20,2)3/h4-5,11,14-15H,6-10,12-13H2,1-3H3/t14-,15+,20+/m0/s1. The van der Waals surface area contributed by atoms with Crippen LogP contribution in [-0.2, 0) is 21.0 Å². The summed E-state index contributed by atoms with van der Waals surface area (Å²) in [4.78, 5) is 18.5. The van der Waals surface area contributed by atoms with Crippen molar-refractivity contribution in [3.8, 4) is 0 Å². The summed E-state index contributed by atoms with van der Waals surface area (Å²) in [7, 11) is -3.66. The Bertz CT molecular complexity index is 978. The fraction of sp³-hybridized carbons (Fsp3) is 0.714. The number of fused-ring (bicyclic) bond motifs is 2. The molecule has 0 amide bonds. The van der Waals surface area contributed by atoms with Gasteiger partial charge in [-0.05, 0) is 43.2 Å². The molecule has 6 nitrogen and oxygen atoms in total. The molecule has 3 fully saturated rings. The van der Waals surface area contributed by atoms with E-state index in [0.717, 1.165) is 18.7 Å². The van der Waals surface area contributed by atoms with E-state index in [2.05, 4.69) is 4.98 Å². The van der Waals surface area contributed by atoms with Crippen LogP contribution in [0.25, 0.3) is 0 Å². The van der Waals surface area contributed by atoms with Crippen molar-refractivity contribution in [2.45, 2.75) is 52.3 Å². The van der Waals surface area contributed by atoms with Gasteiger partial charge in [0, 0.05) is 43.7 Å². The van der Waals surface area contributed by atoms with Gasteiger partial charge in [-0.3, -0.25) is 4.79 Å². The highest BCUT2D eigenvalue weighted by Gasteiger charge is 2.65. The van der Waals surface area contributed by atoms with Crippen LogP contribution in [0.3, 0.4) is 0 Å². The number of pyridine rings is 1. The third-order valence-corrected chi connectivity index (χ3v) is 9.90. The first-order chi connectivity index (χ1) is 14.3. The number of hydrogen-bond acceptors (Lipinski definition) is 5. The molecule has 0 aromatic carbocycles. The van der Waals surface area contributed by atoms with Gasteiger partial charge in [-0.25, -0.2) is 13.4 Å². The second kappa shape index (κ2) is 7.16. The van der Waals surface area contributed by atoms with E-state index in [4.69, 9.17) is 0 Å². The molecule has 1 aromatic rings. The molecule has 1 saturated heterocycles. The monoisotopic (exact) mass is 459 g/mol. The molecule has 3 aliphatic rings. The summed E-state index contributed by atoms with van der Waals surface area (Å²) in [6.45, 7) is 6.60. The molecule has 2 bridgehead atoms. The third-order valence-electron chi connectivity index (χ3n) is 7.92. The Hall–Kier alpha value is -1.68. The normalized spacial score (nSPS) is 31.4. The summed E-state index contributed by atoms with van der Waals surface area (Å²) in [6.07, 6.45) is -1.68. The smallest absolute Gasteiger partial charge is 0.351 e. The molecule has 2 saturated carbocycles. The highest BCUT2D eigenvalue weighted by molar-refractivity contribution is 7.89. The molecular weight excluding hydrogens is 431 g/mol. The molecule has 2 heterocycles. The van der Waals surface area contributed by atoms with Gasteiger partial charge in [0.25, 0.3) is 0 Å². The van der Waals surface area contributed by atoms with E-state index in [1.165, 1.54) is 10.4 Å². The quantitative estimate of drug-likeness (QED) is 0.691. The molecule has 1 aromatic heterocycles. The lowest BCUT2D eigenvalue weighted by Crippen LogP contribution is -2.56. The highest BCUT2D eigenvalue weighted by atomic mass is 32.2. The number of piperazine rings is 1. The number of sulfonamides is 1. The van der Waals surface area contributed by atoms with Crippen molar-refractivity contribution < 1.29 is 26.4 Å². The summed E-state index contributed by atoms with van der Waals surface area (Å²) in [5.74, 6) is 0.546. The van der Waals surface area contributed by atoms with Crippen molar-refractivity contribution in [1.82, 2.24) is 9.29 Å². The summed E-state index contributed by atoms with van der Waals surface area (Å²) in [6, 6.07) is 2.05. The summed E-state index contributed by atoms with van der Waals surface area (Å²) in [5.41, 5.74) is -1.95. The number of rotatable bonds is 4. The third kappa shape index (κ3) is 3.55. The lowest BCUT2D eigenvalue weighted by atomic mass is 9.70. The van der Waals surface area contributed by atoms with Crippen LogP contribution in [0.4, 0.5) is 19.0 Å². The van der Waals surface area contributed by atoms with E-state index in [1.807, 2.05) is 25.7 Å². The number of ketones is 1. The molecule has 0 spiro atoms. The summed E-state index contributed by atoms with van der Waals surface area (Å²) < 4.78 is 66.4. The molecule has 0 unspecified atom stereocenters. The lowest BCUT2D eigenvalue weighted by molar-refractivity contribution is -0.137. The van der Waals surface area contributed by atoms with Gasteiger partial charge in [0.2, 0.25) is 10.0 Å². The highest BCUT2D eigenvalue weighted by Crippen LogP contribution is 2.64. The van der Waals surface area contributed by atoms with Crippen molar-refractivity contribution in [3.05, 3.63) is 23.9 Å². The van der Waals surface area contributed by atoms with Crippen LogP contribution in [0.2, 0.25) is 0 Å². The van der Waals surface area contributed by atoms with Crippen LogP contribution in [0, 0.1) is 16.7 Å². The van der Waals surface area contributed by atoms with Crippen molar-refractivity contribution >= 4 is 21.6 Å². The van der Waals surface area contributed by atoms with Gasteiger partial charge >= 0.3 is 6.18 Å². The van der Waals surface area contributed by atoms with E-state index in [-0.39, 0.29) is 42.0 Å². The van der Waals surface area contributed by atoms with Gasteiger partial charge in [0.05, 0.1) is 11.3 Å². The number of carbonyl (C=O) groups excluding carboxylic acids is 1. The first-order valence-electron chi connectivity index (χ1n) is 10.6. The molecule has 10 heteroatoms. The Morgan fingerprint density at radius 3 is 2.42 bits per heavy atom. The minimum Gasteiger partial charge on any atom is -0.351 e. The molecule has 172 valence electrons. The number of halogens is 3. The maximum absolute atomic E-state index is 13.3. The van der Waals surface area contributed by atoms with Crippen molar-refractivity contribution in [3.63, 3.8) is 0 Å². The zero-order valence-electron chi connectivity index (χ0n) is 17.9. The number of nitrogens with zero attached hydrogens (tertiary/aromatic N) is 3. The Morgan fingerprint density at radius 1 is 1.23 bits per heavy atom. The van der Waals surface area contributed by atoms with Crippen molar-refractivity contribution in [1.29, 1.82) is 0 Å². The van der Waals surface area contributed by atoms with Crippen molar-refractivity contribution in [2.75, 3.05) is 30.3 Å². The van der Waals surface area contributed by atoms with Gasteiger partial charge in [-0.15, -0.1) is 0 Å². The fourth-order valence-electron chi connectivity index (χ4n) is 5.75. The first-order valence-corrected chi connectivity index (χ1v) is 12.2. The van der Waals surface area contributed by atoms with Crippen LogP contribution >= 0.6 is 0 Å². The average Bonchev–Trinajstić information content (AvgIpc) is 3.01. The molecule has 31 heavy (non-hydrogen) atoms. The Labute approximate surface area is 180 Å². The molecule has 0 radical (unpaired) electrons. The Kier molecular flexibility index (Phi) is 5.20. The second-order valence-electron chi connectivity index (χ2n) is 9.73. The predicted molar refractivity (Wildman–Crippen MR) is 110 cm³/mol. The van der Waals surface area contributed by atoms with Crippen LogP contribution in [0.1, 0.15) is 45.6 Å². The molecule has 4 rings (SSSR count). The molecule has 1 aliphatic heterocycles. The number of Topliss-reactive ketones (excluding diaryl/α,β-unsaturated/α-hetero) is 1. The van der Waals surface area contributed by atoms with Crippen LogP contribution in [-0.4, -0.2) is 54.9 Å². The largest absolute Gasteiger partial charge is 0.417 e. The van der Waals surface area contributed by atoms with Crippen LogP contribution in [0.5, 0.6) is 0 Å². The van der Waals surface area contributed by atoms with E-state index < -0.39 is 27.2 Å². The number of aromatic nitrogens is 1. The van der Waals surface area contributed by atoms with Gasteiger partial charge in [0.1, 0.15) is 11.6 Å². The van der Waals surface area contributed by atoms with E-state index in [9.17, 15) is 26.4 Å². The fourth-order valence-corrected chi connectivity index (χ4v) is 8.04. The van der Waals surface area contributed by atoms with Crippen LogP contribution in [0.15, 0.2) is 18.3 Å². The number of hydrogen-bond donors (Lipinski definition) is 0. The lowest BCUT2D eigenvalue weighted by Gasteiger charge is -2.42. The number of anilines is 1. The topological polar surface area (TPSA) is 70.6 Å².